The summed E-state index contributed by atoms with van der Waals surface area (Å²) in [5, 5.41) is 0. The highest BCUT2D eigenvalue weighted by Gasteiger charge is 2.33. The van der Waals surface area contributed by atoms with E-state index in [1.807, 2.05) is 0 Å². The molecule has 0 aromatic rings. The Morgan fingerprint density at radius 1 is 1.36 bits per heavy atom. The molecule has 1 heterocycles. The van der Waals surface area contributed by atoms with Crippen molar-refractivity contribution in [1.82, 2.24) is 0 Å². The lowest BCUT2D eigenvalue weighted by Crippen LogP contribution is -2.30. The van der Waals surface area contributed by atoms with Gasteiger partial charge in [0.05, 0.1) is 5.75 Å². The number of hydrogen-bond acceptors (Lipinski definition) is 1. The maximum Gasteiger partial charge on any atom is 0.305 e. The molecule has 0 amide bonds. The zero-order valence-electron chi connectivity index (χ0n) is 9.59. The molecule has 0 radical (unpaired) electrons. The van der Waals surface area contributed by atoms with Crippen LogP contribution >= 0.6 is 23.4 Å². The van der Waals surface area contributed by atoms with Crippen LogP contribution in [0.4, 0.5) is 0 Å². The summed E-state index contributed by atoms with van der Waals surface area (Å²) in [5.74, 6) is 2.62. The van der Waals surface area contributed by atoms with Crippen molar-refractivity contribution in [3.05, 3.63) is 0 Å². The summed E-state index contributed by atoms with van der Waals surface area (Å²) in [6.45, 7) is 10.2. The van der Waals surface area contributed by atoms with Crippen LogP contribution in [0.5, 0.6) is 0 Å². The Bertz CT molecular complexity index is 223. The van der Waals surface area contributed by atoms with E-state index < -0.39 is 0 Å². The van der Waals surface area contributed by atoms with E-state index in [4.69, 9.17) is 11.6 Å². The fraction of sp³-hybridized carbons (Fsp3) is 0.909. The molecule has 0 N–H and O–H groups in total. The minimum absolute atomic E-state index is 0.662. The summed E-state index contributed by atoms with van der Waals surface area (Å²) in [7, 11) is 0. The highest BCUT2D eigenvalue weighted by Crippen LogP contribution is 2.25. The van der Waals surface area contributed by atoms with Crippen molar-refractivity contribution >= 4 is 27.9 Å². The average Bonchev–Trinajstić information content (AvgIpc) is 2.34. The van der Waals surface area contributed by atoms with Gasteiger partial charge in [-0.15, -0.1) is 0 Å². The van der Waals surface area contributed by atoms with Crippen molar-refractivity contribution in [2.75, 3.05) is 12.3 Å². The molecule has 0 fully saturated rings. The Balaban J connectivity index is 2.61. The standard InChI is InChI=1S/C11H21ClNS/c1-8(2)5-10-7-14-11(12)13(10)6-9(3)4/h8-10H,5-7H2,1-4H3/q+1/t10-/m0/s1. The summed E-state index contributed by atoms with van der Waals surface area (Å²) < 4.78 is 3.39. The fourth-order valence-electron chi connectivity index (χ4n) is 1.84. The van der Waals surface area contributed by atoms with Crippen molar-refractivity contribution in [1.29, 1.82) is 0 Å². The Morgan fingerprint density at radius 3 is 2.50 bits per heavy atom. The van der Waals surface area contributed by atoms with Crippen molar-refractivity contribution in [2.24, 2.45) is 11.8 Å². The zero-order valence-corrected chi connectivity index (χ0v) is 11.2. The quantitative estimate of drug-likeness (QED) is 0.674. The molecule has 82 valence electrons. The number of hydrogen-bond donors (Lipinski definition) is 0. The SMILES string of the molecule is CC(C)C[C@H]1CSC(Cl)=[N+]1CC(C)C. The summed E-state index contributed by atoms with van der Waals surface area (Å²) in [4.78, 5) is 0. The van der Waals surface area contributed by atoms with Gasteiger partial charge in [-0.05, 0) is 29.3 Å². The Hall–Kier alpha value is 0.310. The Morgan fingerprint density at radius 2 is 2.00 bits per heavy atom. The molecule has 0 spiro atoms. The van der Waals surface area contributed by atoms with E-state index in [1.165, 1.54) is 12.2 Å². The molecule has 0 saturated heterocycles. The number of halogens is 1. The average molecular weight is 235 g/mol. The topological polar surface area (TPSA) is 3.01 Å². The first-order valence-corrected chi connectivity index (χ1v) is 6.79. The van der Waals surface area contributed by atoms with E-state index >= 15 is 0 Å². The van der Waals surface area contributed by atoms with Crippen LogP contribution in [0, 0.1) is 11.8 Å². The number of rotatable bonds is 4. The molecule has 1 atom stereocenters. The van der Waals surface area contributed by atoms with Gasteiger partial charge in [0.25, 0.3) is 0 Å². The van der Waals surface area contributed by atoms with E-state index in [0.29, 0.717) is 12.0 Å². The second-order valence-corrected chi connectivity index (χ2v) is 6.48. The third-order valence-electron chi connectivity index (χ3n) is 2.37. The first-order chi connectivity index (χ1) is 6.50. The van der Waals surface area contributed by atoms with Gasteiger partial charge in [-0.1, -0.05) is 27.7 Å². The van der Waals surface area contributed by atoms with E-state index in [-0.39, 0.29) is 0 Å². The highest BCUT2D eigenvalue weighted by molar-refractivity contribution is 8.16. The molecule has 0 aromatic heterocycles. The van der Waals surface area contributed by atoms with Crippen LogP contribution in [0.25, 0.3) is 0 Å². The molecule has 0 aromatic carbocycles. The smallest absolute Gasteiger partial charge is 0.210 e. The van der Waals surface area contributed by atoms with Gasteiger partial charge in [-0.3, -0.25) is 0 Å². The van der Waals surface area contributed by atoms with Crippen LogP contribution in [-0.4, -0.2) is 27.4 Å². The van der Waals surface area contributed by atoms with Crippen molar-refractivity contribution in [3.8, 4) is 0 Å². The van der Waals surface area contributed by atoms with Gasteiger partial charge in [0.2, 0.25) is 0 Å². The maximum atomic E-state index is 6.21. The molecule has 0 unspecified atom stereocenters. The second-order valence-electron chi connectivity index (χ2n) is 4.89. The van der Waals surface area contributed by atoms with Crippen LogP contribution < -0.4 is 0 Å². The van der Waals surface area contributed by atoms with Gasteiger partial charge in [0, 0.05) is 12.3 Å². The van der Waals surface area contributed by atoms with Crippen LogP contribution in [0.2, 0.25) is 0 Å². The van der Waals surface area contributed by atoms with E-state index in [0.717, 1.165) is 17.0 Å². The van der Waals surface area contributed by atoms with Gasteiger partial charge in [0.15, 0.2) is 6.04 Å². The third-order valence-corrected chi connectivity index (χ3v) is 3.94. The lowest BCUT2D eigenvalue weighted by atomic mass is 10.0. The zero-order chi connectivity index (χ0) is 10.7. The number of thioether (sulfide) groups is 1. The monoisotopic (exact) mass is 234 g/mol. The van der Waals surface area contributed by atoms with Crippen LogP contribution in [-0.2, 0) is 0 Å². The summed E-state index contributed by atoms with van der Waals surface area (Å²) in [6, 6.07) is 0.662. The third kappa shape index (κ3) is 3.47. The van der Waals surface area contributed by atoms with Crippen LogP contribution in [0.1, 0.15) is 34.1 Å². The minimum atomic E-state index is 0.662. The largest absolute Gasteiger partial charge is 0.305 e. The van der Waals surface area contributed by atoms with Gasteiger partial charge in [0.1, 0.15) is 6.54 Å². The van der Waals surface area contributed by atoms with E-state index in [1.54, 1.807) is 11.8 Å². The van der Waals surface area contributed by atoms with Crippen molar-refractivity contribution in [2.45, 2.75) is 40.2 Å². The lowest BCUT2D eigenvalue weighted by molar-refractivity contribution is -0.561. The summed E-state index contributed by atoms with van der Waals surface area (Å²) in [5.41, 5.74) is 0. The predicted molar refractivity (Wildman–Crippen MR) is 66.5 cm³/mol. The molecule has 0 aliphatic carbocycles. The van der Waals surface area contributed by atoms with Gasteiger partial charge in [-0.2, -0.15) is 0 Å². The molecule has 1 aliphatic rings. The second kappa shape index (κ2) is 5.41. The van der Waals surface area contributed by atoms with E-state index in [2.05, 4.69) is 32.3 Å². The van der Waals surface area contributed by atoms with Crippen LogP contribution in [0.3, 0.4) is 0 Å². The van der Waals surface area contributed by atoms with Crippen LogP contribution in [0.15, 0.2) is 0 Å². The molecule has 1 aliphatic heterocycles. The van der Waals surface area contributed by atoms with E-state index in [9.17, 15) is 0 Å². The molecule has 1 rings (SSSR count). The molecular weight excluding hydrogens is 214 g/mol. The number of nitrogens with zero attached hydrogens (tertiary/aromatic N) is 1. The maximum absolute atomic E-state index is 6.21. The molecule has 14 heavy (non-hydrogen) atoms. The normalized spacial score (nSPS) is 22.9. The van der Waals surface area contributed by atoms with Crippen molar-refractivity contribution < 1.29 is 4.58 Å². The van der Waals surface area contributed by atoms with Crippen molar-refractivity contribution in [3.63, 3.8) is 0 Å². The molecule has 3 heteroatoms. The summed E-state index contributed by atoms with van der Waals surface area (Å²) in [6.07, 6.45) is 1.26. The Kier molecular flexibility index (Phi) is 4.78. The molecular formula is C11H21ClNS+. The predicted octanol–water partition coefficient (Wildman–Crippen LogP) is 3.41. The fourth-order valence-corrected chi connectivity index (χ4v) is 3.27. The molecule has 0 saturated carbocycles. The van der Waals surface area contributed by atoms with Gasteiger partial charge in [-0.25, -0.2) is 4.58 Å². The first kappa shape index (κ1) is 12.4. The molecule has 1 nitrogen and oxygen atoms in total. The van der Waals surface area contributed by atoms with Gasteiger partial charge < -0.3 is 0 Å². The lowest BCUT2D eigenvalue weighted by Gasteiger charge is -2.13. The highest BCUT2D eigenvalue weighted by atomic mass is 35.5. The van der Waals surface area contributed by atoms with Gasteiger partial charge >= 0.3 is 4.50 Å². The first-order valence-electron chi connectivity index (χ1n) is 5.42. The summed E-state index contributed by atoms with van der Waals surface area (Å²) >= 11 is 8.01. The molecule has 0 bridgehead atoms. The Labute approximate surface area is 96.9 Å². The minimum Gasteiger partial charge on any atom is -0.210 e.